The van der Waals surface area contributed by atoms with Crippen molar-refractivity contribution in [2.24, 2.45) is 0 Å². The highest BCUT2D eigenvalue weighted by molar-refractivity contribution is 6.30. The predicted octanol–water partition coefficient (Wildman–Crippen LogP) is 4.14. The van der Waals surface area contributed by atoms with E-state index in [0.717, 1.165) is 5.39 Å². The Kier molecular flexibility index (Phi) is 3.50. The third-order valence-corrected chi connectivity index (χ3v) is 3.94. The lowest BCUT2D eigenvalue weighted by molar-refractivity contribution is 0.338. The Morgan fingerprint density at radius 3 is 2.83 bits per heavy atom. The van der Waals surface area contributed by atoms with Crippen LogP contribution >= 0.6 is 11.6 Å². The molecule has 4 rings (SSSR count). The number of aromatic nitrogens is 2. The van der Waals surface area contributed by atoms with Gasteiger partial charge in [0.15, 0.2) is 11.3 Å². The van der Waals surface area contributed by atoms with E-state index >= 15 is 0 Å². The summed E-state index contributed by atoms with van der Waals surface area (Å²) < 4.78 is 12.7. The number of para-hydroxylation sites is 1. The summed E-state index contributed by atoms with van der Waals surface area (Å²) in [7, 11) is 0. The monoisotopic (exact) mass is 340 g/mol. The Bertz CT molecular complexity index is 1070. The van der Waals surface area contributed by atoms with E-state index in [1.54, 1.807) is 30.3 Å². The maximum Gasteiger partial charge on any atom is 0.284 e. The maximum atomic E-state index is 12.7. The van der Waals surface area contributed by atoms with E-state index in [9.17, 15) is 4.79 Å². The largest absolute Gasteiger partial charge is 0.490 e. The van der Waals surface area contributed by atoms with Crippen LogP contribution in [-0.2, 0) is 0 Å². The topological polar surface area (TPSA) is 57.3 Å². The minimum absolute atomic E-state index is 0.250. The number of ether oxygens (including phenoxy) is 1. The lowest BCUT2D eigenvalue weighted by atomic mass is 10.1. The first-order chi connectivity index (χ1) is 11.7. The molecule has 0 aromatic heterocycles. The van der Waals surface area contributed by atoms with Gasteiger partial charge in [0.25, 0.3) is 5.56 Å². The van der Waals surface area contributed by atoms with Gasteiger partial charge in [0.2, 0.25) is 5.89 Å². The Morgan fingerprint density at radius 2 is 2.04 bits per heavy atom. The van der Waals surface area contributed by atoms with Crippen LogP contribution < -0.4 is 10.3 Å². The molecule has 120 valence electrons. The van der Waals surface area contributed by atoms with E-state index in [4.69, 9.17) is 20.8 Å². The van der Waals surface area contributed by atoms with Gasteiger partial charge in [0, 0.05) is 10.4 Å². The first-order valence-electron chi connectivity index (χ1n) is 7.51. The van der Waals surface area contributed by atoms with Crippen molar-refractivity contribution in [2.75, 3.05) is 6.61 Å². The van der Waals surface area contributed by atoms with E-state index < -0.39 is 0 Å². The molecule has 6 heteroatoms. The molecule has 0 amide bonds. The highest BCUT2D eigenvalue weighted by Crippen LogP contribution is 2.31. The van der Waals surface area contributed by atoms with Gasteiger partial charge in [-0.3, -0.25) is 4.79 Å². The normalized spacial score (nSPS) is 11.2. The number of hydrogen-bond donors (Lipinski definition) is 0. The zero-order chi connectivity index (χ0) is 16.7. The summed E-state index contributed by atoms with van der Waals surface area (Å²) in [4.78, 5) is 12.7. The Labute approximate surface area is 142 Å². The second kappa shape index (κ2) is 5.69. The summed E-state index contributed by atoms with van der Waals surface area (Å²) in [6.45, 7) is 2.43. The quantitative estimate of drug-likeness (QED) is 0.562. The van der Waals surface area contributed by atoms with Crippen LogP contribution in [0.25, 0.3) is 28.1 Å². The molecule has 0 saturated heterocycles. The van der Waals surface area contributed by atoms with Crippen LogP contribution in [0.2, 0.25) is 5.02 Å². The van der Waals surface area contributed by atoms with Crippen molar-refractivity contribution < 1.29 is 9.15 Å². The first-order valence-corrected chi connectivity index (χ1v) is 7.89. The molecule has 0 radical (unpaired) electrons. The van der Waals surface area contributed by atoms with E-state index in [0.29, 0.717) is 34.2 Å². The van der Waals surface area contributed by atoms with E-state index in [-0.39, 0.29) is 11.4 Å². The first kappa shape index (κ1) is 14.8. The van der Waals surface area contributed by atoms with Crippen LogP contribution in [0.3, 0.4) is 0 Å². The van der Waals surface area contributed by atoms with E-state index in [1.807, 2.05) is 25.1 Å². The second-order valence-electron chi connectivity index (χ2n) is 5.27. The standard InChI is InChI=1S/C18H13ClN2O3/c1-2-23-15-8-3-5-11-9-14-17(24-16(11)15)20-21(18(14)22)13-7-4-6-12(19)10-13/h3-10H,2H2,1H3. The number of rotatable bonds is 3. The van der Waals surface area contributed by atoms with E-state index in [2.05, 4.69) is 5.10 Å². The molecule has 0 N–H and O–H groups in total. The number of benzene rings is 2. The molecule has 24 heavy (non-hydrogen) atoms. The molecule has 0 unspecified atom stereocenters. The van der Waals surface area contributed by atoms with Crippen molar-refractivity contribution in [1.29, 1.82) is 0 Å². The van der Waals surface area contributed by atoms with Gasteiger partial charge < -0.3 is 9.15 Å². The molecule has 0 fully saturated rings. The highest BCUT2D eigenvalue weighted by Gasteiger charge is 2.20. The van der Waals surface area contributed by atoms with Crippen molar-refractivity contribution in [2.45, 2.75) is 6.92 Å². The van der Waals surface area contributed by atoms with Crippen molar-refractivity contribution in [3.05, 3.63) is 63.9 Å². The molecule has 5 nitrogen and oxygen atoms in total. The van der Waals surface area contributed by atoms with Gasteiger partial charge in [0.05, 0.1) is 12.3 Å². The van der Waals surface area contributed by atoms with Crippen molar-refractivity contribution in [3.63, 3.8) is 0 Å². The summed E-state index contributed by atoms with van der Waals surface area (Å²) >= 11 is 6.00. The van der Waals surface area contributed by atoms with Crippen LogP contribution in [0.15, 0.2) is 57.7 Å². The maximum absolute atomic E-state index is 12.7. The Hall–Kier alpha value is -2.79. The van der Waals surface area contributed by atoms with Crippen molar-refractivity contribution >= 4 is 22.6 Å². The van der Waals surface area contributed by atoms with Crippen LogP contribution in [0.4, 0.5) is 0 Å². The predicted molar refractivity (Wildman–Crippen MR) is 92.4 cm³/mol. The minimum atomic E-state index is -0.250. The molecule has 0 spiro atoms. The van der Waals surface area contributed by atoms with Crippen LogP contribution in [0, 0.1) is 0 Å². The van der Waals surface area contributed by atoms with Crippen molar-refractivity contribution in [1.82, 2.24) is 9.78 Å². The lowest BCUT2D eigenvalue weighted by Gasteiger charge is -2.06. The second-order valence-corrected chi connectivity index (χ2v) is 5.71. The smallest absolute Gasteiger partial charge is 0.284 e. The Balaban J connectivity index is 1.99. The van der Waals surface area contributed by atoms with E-state index in [1.165, 1.54) is 4.68 Å². The summed E-state index contributed by atoms with van der Waals surface area (Å²) in [5.74, 6) is 0.890. The average Bonchev–Trinajstić information content (AvgIpc) is 2.90. The summed E-state index contributed by atoms with van der Waals surface area (Å²) in [6, 6.07) is 14.3. The zero-order valence-electron chi connectivity index (χ0n) is 12.8. The molecule has 0 aliphatic carbocycles. The molecule has 2 aliphatic rings. The average molecular weight is 341 g/mol. The molecule has 0 bridgehead atoms. The highest BCUT2D eigenvalue weighted by atomic mass is 35.5. The lowest BCUT2D eigenvalue weighted by Crippen LogP contribution is -2.14. The SMILES string of the molecule is CCOc1cccc2cc3c(=O)n(-c4cccc(Cl)c4)nc-3oc12. The minimum Gasteiger partial charge on any atom is -0.490 e. The molecular weight excluding hydrogens is 328 g/mol. The van der Waals surface area contributed by atoms with Crippen molar-refractivity contribution in [3.8, 4) is 22.9 Å². The fourth-order valence-corrected chi connectivity index (χ4v) is 2.84. The van der Waals surface area contributed by atoms with Gasteiger partial charge in [-0.05, 0) is 37.3 Å². The summed E-state index contributed by atoms with van der Waals surface area (Å²) in [5.41, 5.74) is 1.33. The molecule has 2 aromatic carbocycles. The van der Waals surface area contributed by atoms with Crippen LogP contribution in [-0.4, -0.2) is 16.4 Å². The molecular formula is C18H13ClN2O3. The molecule has 0 saturated carbocycles. The van der Waals surface area contributed by atoms with Gasteiger partial charge in [-0.1, -0.05) is 29.8 Å². The number of nitrogens with zero attached hydrogens (tertiary/aromatic N) is 2. The number of hydrogen-bond acceptors (Lipinski definition) is 4. The van der Waals surface area contributed by atoms with Gasteiger partial charge in [0.1, 0.15) is 5.56 Å². The fourth-order valence-electron chi connectivity index (χ4n) is 2.65. The third kappa shape index (κ3) is 2.34. The fraction of sp³-hybridized carbons (Fsp3) is 0.111. The number of fused-ring (bicyclic) bond motifs is 2. The Morgan fingerprint density at radius 1 is 1.21 bits per heavy atom. The zero-order valence-corrected chi connectivity index (χ0v) is 13.6. The van der Waals surface area contributed by atoms with Crippen LogP contribution in [0.5, 0.6) is 5.75 Å². The van der Waals surface area contributed by atoms with Crippen LogP contribution in [0.1, 0.15) is 6.92 Å². The third-order valence-electron chi connectivity index (χ3n) is 3.70. The van der Waals surface area contributed by atoms with Gasteiger partial charge >= 0.3 is 0 Å². The van der Waals surface area contributed by atoms with Gasteiger partial charge in [-0.15, -0.1) is 5.10 Å². The molecule has 0 atom stereocenters. The number of halogens is 1. The molecule has 2 aromatic rings. The summed E-state index contributed by atoms with van der Waals surface area (Å²) in [6.07, 6.45) is 0. The summed E-state index contributed by atoms with van der Waals surface area (Å²) in [5, 5.41) is 5.62. The van der Waals surface area contributed by atoms with Gasteiger partial charge in [-0.2, -0.15) is 4.68 Å². The molecule has 2 heterocycles. The molecule has 2 aliphatic heterocycles. The van der Waals surface area contributed by atoms with Gasteiger partial charge in [-0.25, -0.2) is 0 Å².